The number of carbonyl (C=O) groups is 3. The molecular weight excluding hydrogens is 985 g/mol. The second-order valence-electron chi connectivity index (χ2n) is 23.4. The molecule has 0 spiro atoms. The number of unbranched alkanes of at least 4 members (excludes halogenated alkanes) is 41. The fourth-order valence-electron chi connectivity index (χ4n) is 10.1. The van der Waals surface area contributed by atoms with Gasteiger partial charge in [0.2, 0.25) is 0 Å². The molecule has 80 heavy (non-hydrogen) atoms. The van der Waals surface area contributed by atoms with Crippen molar-refractivity contribution in [3.63, 3.8) is 0 Å². The Balaban J connectivity index is 4.18. The summed E-state index contributed by atoms with van der Waals surface area (Å²) < 4.78 is 16.9. The van der Waals surface area contributed by atoms with Crippen LogP contribution >= 0.6 is 0 Å². The van der Waals surface area contributed by atoms with E-state index in [1.165, 1.54) is 238 Å². The Bertz CT molecular complexity index is 1470. The standard InChI is InChI=1S/C74H132O6/c1-4-7-10-13-16-19-22-25-27-29-31-32-33-34-35-36-37-38-39-40-41-42-44-45-47-49-52-55-58-61-64-67-73(76)79-70-71(69-78-72(75)66-63-60-57-54-51-24-21-18-15-12-9-6-3)80-74(77)68-65-62-59-56-53-50-48-46-43-30-28-26-23-20-17-14-11-8-5-2/h17-18,20-22,25-26,28-29,31,33-34,71H,4-16,19,23-24,27,30,32,35-70H2,1-3H3/b20-17-,21-18-,25-22-,28-26-,31-29-,34-33-. The maximum Gasteiger partial charge on any atom is 0.306 e. The average Bonchev–Trinajstić information content (AvgIpc) is 3.46. The summed E-state index contributed by atoms with van der Waals surface area (Å²) in [5.41, 5.74) is 0. The molecule has 0 bridgehead atoms. The summed E-state index contributed by atoms with van der Waals surface area (Å²) in [6.07, 6.45) is 89.3. The van der Waals surface area contributed by atoms with Crippen molar-refractivity contribution in [2.75, 3.05) is 13.2 Å². The van der Waals surface area contributed by atoms with Crippen molar-refractivity contribution >= 4 is 17.9 Å². The second-order valence-corrected chi connectivity index (χ2v) is 23.4. The first-order valence-corrected chi connectivity index (χ1v) is 34.9. The summed E-state index contributed by atoms with van der Waals surface area (Å²) >= 11 is 0. The molecule has 0 aliphatic carbocycles. The maximum absolute atomic E-state index is 12.9. The van der Waals surface area contributed by atoms with E-state index in [2.05, 4.69) is 93.7 Å². The molecule has 0 saturated carbocycles. The van der Waals surface area contributed by atoms with Gasteiger partial charge < -0.3 is 14.2 Å². The average molecular weight is 1120 g/mol. The first-order chi connectivity index (χ1) is 39.5. The smallest absolute Gasteiger partial charge is 0.306 e. The van der Waals surface area contributed by atoms with Crippen LogP contribution in [0.3, 0.4) is 0 Å². The third-order valence-corrected chi connectivity index (χ3v) is 15.4. The second kappa shape index (κ2) is 68.3. The van der Waals surface area contributed by atoms with Gasteiger partial charge in [0.05, 0.1) is 0 Å². The number of hydrogen-bond acceptors (Lipinski definition) is 6. The van der Waals surface area contributed by atoms with Crippen molar-refractivity contribution in [1.29, 1.82) is 0 Å². The topological polar surface area (TPSA) is 78.9 Å². The summed E-state index contributed by atoms with van der Waals surface area (Å²) in [6.45, 7) is 6.61. The number of allylic oxidation sites excluding steroid dienone is 12. The molecule has 0 fully saturated rings. The van der Waals surface area contributed by atoms with Gasteiger partial charge in [-0.25, -0.2) is 0 Å². The van der Waals surface area contributed by atoms with Gasteiger partial charge in [0.25, 0.3) is 0 Å². The highest BCUT2D eigenvalue weighted by atomic mass is 16.6. The van der Waals surface area contributed by atoms with Crippen molar-refractivity contribution in [2.45, 2.75) is 367 Å². The van der Waals surface area contributed by atoms with Crippen molar-refractivity contribution < 1.29 is 28.6 Å². The Hall–Kier alpha value is -3.15. The molecule has 1 atom stereocenters. The minimum absolute atomic E-state index is 0.0768. The highest BCUT2D eigenvalue weighted by Gasteiger charge is 2.19. The molecule has 0 aromatic rings. The quantitative estimate of drug-likeness (QED) is 0.0261. The van der Waals surface area contributed by atoms with Crippen LogP contribution in [0.5, 0.6) is 0 Å². The van der Waals surface area contributed by atoms with Crippen molar-refractivity contribution in [3.8, 4) is 0 Å². The van der Waals surface area contributed by atoms with Crippen LogP contribution in [0, 0.1) is 0 Å². The molecule has 0 radical (unpaired) electrons. The first kappa shape index (κ1) is 76.9. The SMILES string of the molecule is CCCCC/C=C\C/C=C\CCCCCCCCCCCC(=O)OC(COC(=O)CCCCCCC/C=C\CCCCC)COC(=O)CCCCCCCCCCCCCCCCCC/C=C\C/C=C\C/C=C\CCCCCCC. The minimum Gasteiger partial charge on any atom is -0.462 e. The third kappa shape index (κ3) is 65.7. The molecule has 1 unspecified atom stereocenters. The van der Waals surface area contributed by atoms with Gasteiger partial charge in [0, 0.05) is 19.3 Å². The lowest BCUT2D eigenvalue weighted by Crippen LogP contribution is -2.30. The lowest BCUT2D eigenvalue weighted by Gasteiger charge is -2.18. The van der Waals surface area contributed by atoms with Gasteiger partial charge in [0.1, 0.15) is 13.2 Å². The van der Waals surface area contributed by atoms with Gasteiger partial charge in [0.15, 0.2) is 6.10 Å². The summed E-state index contributed by atoms with van der Waals surface area (Å²) in [5, 5.41) is 0. The summed E-state index contributed by atoms with van der Waals surface area (Å²) in [6, 6.07) is 0. The van der Waals surface area contributed by atoms with Crippen LogP contribution in [0.25, 0.3) is 0 Å². The Morgan fingerprint density at radius 2 is 0.450 bits per heavy atom. The molecule has 464 valence electrons. The van der Waals surface area contributed by atoms with Crippen molar-refractivity contribution in [2.24, 2.45) is 0 Å². The van der Waals surface area contributed by atoms with E-state index in [4.69, 9.17) is 14.2 Å². The summed E-state index contributed by atoms with van der Waals surface area (Å²) in [7, 11) is 0. The van der Waals surface area contributed by atoms with Crippen LogP contribution in [-0.4, -0.2) is 37.2 Å². The zero-order chi connectivity index (χ0) is 57.8. The first-order valence-electron chi connectivity index (χ1n) is 34.9. The molecule has 6 heteroatoms. The molecule has 0 rings (SSSR count). The van der Waals surface area contributed by atoms with E-state index in [0.717, 1.165) is 83.5 Å². The van der Waals surface area contributed by atoms with E-state index in [0.29, 0.717) is 19.3 Å². The van der Waals surface area contributed by atoms with Crippen molar-refractivity contribution in [3.05, 3.63) is 72.9 Å². The van der Waals surface area contributed by atoms with Crippen LogP contribution in [0.15, 0.2) is 72.9 Å². The Morgan fingerprint density at radius 1 is 0.250 bits per heavy atom. The molecule has 6 nitrogen and oxygen atoms in total. The molecule has 0 aliphatic heterocycles. The maximum atomic E-state index is 12.9. The summed E-state index contributed by atoms with van der Waals surface area (Å²) in [5.74, 6) is -0.873. The minimum atomic E-state index is -0.781. The molecule has 0 aromatic heterocycles. The van der Waals surface area contributed by atoms with Gasteiger partial charge in [-0.1, -0.05) is 299 Å². The molecule has 0 amide bonds. The Labute approximate surface area is 497 Å². The highest BCUT2D eigenvalue weighted by molar-refractivity contribution is 5.71. The van der Waals surface area contributed by atoms with E-state index >= 15 is 0 Å². The zero-order valence-electron chi connectivity index (χ0n) is 53.3. The van der Waals surface area contributed by atoms with Crippen LogP contribution in [0.2, 0.25) is 0 Å². The van der Waals surface area contributed by atoms with E-state index < -0.39 is 6.10 Å². The number of ether oxygens (including phenoxy) is 3. The fraction of sp³-hybridized carbons (Fsp3) is 0.797. The van der Waals surface area contributed by atoms with Gasteiger partial charge >= 0.3 is 17.9 Å². The number of hydrogen-bond donors (Lipinski definition) is 0. The van der Waals surface area contributed by atoms with Gasteiger partial charge in [-0.15, -0.1) is 0 Å². The molecule has 0 aliphatic rings. The number of rotatable bonds is 64. The number of carbonyl (C=O) groups excluding carboxylic acids is 3. The Morgan fingerprint density at radius 3 is 0.738 bits per heavy atom. The molecule has 0 saturated heterocycles. The van der Waals surface area contributed by atoms with E-state index in [9.17, 15) is 14.4 Å². The van der Waals surface area contributed by atoms with E-state index in [1.54, 1.807) is 0 Å². The third-order valence-electron chi connectivity index (χ3n) is 15.4. The van der Waals surface area contributed by atoms with Gasteiger partial charge in [-0.3, -0.25) is 14.4 Å². The van der Waals surface area contributed by atoms with E-state index in [-0.39, 0.29) is 31.1 Å². The van der Waals surface area contributed by atoms with Gasteiger partial charge in [-0.2, -0.15) is 0 Å². The highest BCUT2D eigenvalue weighted by Crippen LogP contribution is 2.17. The van der Waals surface area contributed by atoms with E-state index in [1.807, 2.05) is 0 Å². The van der Waals surface area contributed by atoms with Crippen molar-refractivity contribution in [1.82, 2.24) is 0 Å². The number of esters is 3. The Kier molecular flexibility index (Phi) is 65.7. The summed E-state index contributed by atoms with van der Waals surface area (Å²) in [4.78, 5) is 38.3. The van der Waals surface area contributed by atoms with Crippen LogP contribution < -0.4 is 0 Å². The lowest BCUT2D eigenvalue weighted by molar-refractivity contribution is -0.167. The molecule has 0 aromatic carbocycles. The van der Waals surface area contributed by atoms with Gasteiger partial charge in [-0.05, 0) is 116 Å². The molecular formula is C74H132O6. The predicted octanol–water partition coefficient (Wildman–Crippen LogP) is 24.1. The largest absolute Gasteiger partial charge is 0.462 e. The predicted molar refractivity (Wildman–Crippen MR) is 348 cm³/mol. The molecule has 0 heterocycles. The monoisotopic (exact) mass is 1120 g/mol. The van der Waals surface area contributed by atoms with Crippen LogP contribution in [0.4, 0.5) is 0 Å². The molecule has 0 N–H and O–H groups in total. The lowest BCUT2D eigenvalue weighted by atomic mass is 10.0. The fourth-order valence-corrected chi connectivity index (χ4v) is 10.1. The normalized spacial score (nSPS) is 12.5. The van der Waals surface area contributed by atoms with Crippen LogP contribution in [-0.2, 0) is 28.6 Å². The van der Waals surface area contributed by atoms with Crippen LogP contribution in [0.1, 0.15) is 361 Å². The zero-order valence-corrected chi connectivity index (χ0v) is 53.3.